The van der Waals surface area contributed by atoms with E-state index in [4.69, 9.17) is 9.29 Å². The summed E-state index contributed by atoms with van der Waals surface area (Å²) in [6, 6.07) is 21.7. The Morgan fingerprint density at radius 3 is 1.71 bits per heavy atom. The monoisotopic (exact) mass is 1260 g/mol. The minimum atomic E-state index is -4.35. The van der Waals surface area contributed by atoms with E-state index in [9.17, 15) is 44.3 Å². The number of rotatable bonds is 18. The number of H-pyrrole nitrogens is 3. The zero-order valence-electron chi connectivity index (χ0n) is 48.5. The van der Waals surface area contributed by atoms with Crippen LogP contribution < -0.4 is 20.4 Å². The maximum absolute atomic E-state index is 12.9. The average molecular weight is 1260 g/mol. The molecule has 0 saturated carbocycles. The van der Waals surface area contributed by atoms with E-state index in [1.165, 1.54) is 12.7 Å². The van der Waals surface area contributed by atoms with Gasteiger partial charge in [-0.15, -0.1) is 0 Å². The first-order valence-electron chi connectivity index (χ1n) is 28.5. The molecule has 0 unspecified atom stereocenters. The van der Waals surface area contributed by atoms with Crippen LogP contribution in [0.3, 0.4) is 0 Å². The first kappa shape index (κ1) is 64.8. The lowest BCUT2D eigenvalue weighted by Gasteiger charge is -2.29. The largest absolute Gasteiger partial charge is 0.396 e. The highest BCUT2D eigenvalue weighted by Gasteiger charge is 2.33. The van der Waals surface area contributed by atoms with E-state index in [2.05, 4.69) is 70.8 Å². The van der Waals surface area contributed by atoms with Crippen molar-refractivity contribution in [1.29, 1.82) is 0 Å². The predicted molar refractivity (Wildman–Crippen MR) is 319 cm³/mol. The number of halogens is 6. The summed E-state index contributed by atoms with van der Waals surface area (Å²) in [6.07, 6.45) is 9.10. The molecular weight excluding hydrogens is 1200 g/mol. The maximum atomic E-state index is 12.9. The fourth-order valence-electron chi connectivity index (χ4n) is 9.77. The van der Waals surface area contributed by atoms with Crippen LogP contribution in [0.1, 0.15) is 78.6 Å². The molecule has 90 heavy (non-hydrogen) atoms. The lowest BCUT2D eigenvalue weighted by Crippen LogP contribution is -2.34. The number of fused-ring (bicyclic) bond motifs is 4. The fourth-order valence-corrected chi connectivity index (χ4v) is 10.7. The zero-order chi connectivity index (χ0) is 63.7. The SMILES string of the molecule is Cc1ccc(S(=O)(=O)OCCc2cccnc2)cc1.O=C(NCCC(F)(F)F)c1n[nH]c2c1CN(c1ncnc3[nH]ccc13)CC2.O=C(NCCC(F)(F)F)c1nn(CCc2cccnc2)c2c1CN(c1ncnc3[nH]ccc13)CC2.OCCc1cccnc1. The van der Waals surface area contributed by atoms with Crippen molar-refractivity contribution in [2.24, 2.45) is 0 Å². The van der Waals surface area contributed by atoms with Gasteiger partial charge in [0.2, 0.25) is 0 Å². The molecule has 0 aliphatic carbocycles. The van der Waals surface area contributed by atoms with Gasteiger partial charge in [-0.2, -0.15) is 45.0 Å². The number of anilines is 2. The van der Waals surface area contributed by atoms with Crippen molar-refractivity contribution in [2.45, 2.75) is 88.8 Å². The summed E-state index contributed by atoms with van der Waals surface area (Å²) in [4.78, 5) is 64.6. The minimum Gasteiger partial charge on any atom is -0.396 e. The van der Waals surface area contributed by atoms with Crippen molar-refractivity contribution in [3.8, 4) is 0 Å². The van der Waals surface area contributed by atoms with Gasteiger partial charge in [-0.3, -0.25) is 38.5 Å². The third-order valence-corrected chi connectivity index (χ3v) is 15.6. The molecule has 0 saturated heterocycles. The van der Waals surface area contributed by atoms with Crippen LogP contribution in [0.25, 0.3) is 22.1 Å². The molecule has 0 bridgehead atoms. The van der Waals surface area contributed by atoms with Gasteiger partial charge in [0.05, 0.1) is 35.1 Å². The van der Waals surface area contributed by atoms with E-state index in [0.29, 0.717) is 87.2 Å². The van der Waals surface area contributed by atoms with Gasteiger partial charge in [0.15, 0.2) is 11.4 Å². The highest BCUT2D eigenvalue weighted by molar-refractivity contribution is 7.86. The Bertz CT molecular complexity index is 4060. The quantitative estimate of drug-likeness (QED) is 0.0351. The third kappa shape index (κ3) is 17.8. The van der Waals surface area contributed by atoms with Gasteiger partial charge in [0.25, 0.3) is 21.9 Å². The zero-order valence-corrected chi connectivity index (χ0v) is 49.4. The number of nitrogens with one attached hydrogen (secondary N) is 5. The van der Waals surface area contributed by atoms with Crippen LogP contribution in [0.4, 0.5) is 38.0 Å². The fraction of sp³-hybridized carbons (Fsp3) is 0.317. The molecule has 0 fully saturated rings. The number of nitrogens with zero attached hydrogens (tertiary/aromatic N) is 12. The topological polar surface area (TPSA) is 297 Å². The first-order valence-corrected chi connectivity index (χ1v) is 29.9. The number of hydrogen-bond donors (Lipinski definition) is 6. The van der Waals surface area contributed by atoms with E-state index in [1.807, 2.05) is 65.3 Å². The molecule has 6 N–H and O–H groups in total. The van der Waals surface area contributed by atoms with Crippen molar-refractivity contribution < 1.29 is 53.6 Å². The number of aryl methyl sites for hydroxylation is 3. The second-order valence-electron chi connectivity index (χ2n) is 20.6. The number of aromatic nitrogens is 13. The highest BCUT2D eigenvalue weighted by atomic mass is 32.2. The Morgan fingerprint density at radius 1 is 0.656 bits per heavy atom. The van der Waals surface area contributed by atoms with Crippen LogP contribution in [0.5, 0.6) is 0 Å². The Morgan fingerprint density at radius 2 is 1.18 bits per heavy atom. The number of alkyl halides is 6. The summed E-state index contributed by atoms with van der Waals surface area (Å²) in [7, 11) is -3.67. The number of aromatic amines is 3. The van der Waals surface area contributed by atoms with Gasteiger partial charge in [0.1, 0.15) is 35.6 Å². The van der Waals surface area contributed by atoms with Crippen LogP contribution in [0.2, 0.25) is 0 Å². The molecule has 30 heteroatoms. The smallest absolute Gasteiger partial charge is 0.390 e. The van der Waals surface area contributed by atoms with Gasteiger partial charge < -0.3 is 35.5 Å². The summed E-state index contributed by atoms with van der Waals surface area (Å²) < 4.78 is 105. The van der Waals surface area contributed by atoms with Gasteiger partial charge in [-0.1, -0.05) is 35.9 Å². The van der Waals surface area contributed by atoms with E-state index in [1.54, 1.807) is 78.5 Å². The van der Waals surface area contributed by atoms with Crippen LogP contribution in [-0.4, -0.2) is 142 Å². The summed E-state index contributed by atoms with van der Waals surface area (Å²) in [6.45, 7) is 3.82. The van der Waals surface area contributed by atoms with Gasteiger partial charge in [-0.05, 0) is 85.3 Å². The highest BCUT2D eigenvalue weighted by Crippen LogP contribution is 2.32. The van der Waals surface area contributed by atoms with Gasteiger partial charge in [-0.25, -0.2) is 19.9 Å². The molecule has 0 spiro atoms. The molecule has 472 valence electrons. The Labute approximate surface area is 512 Å². The van der Waals surface area contributed by atoms with Gasteiger partial charge in [0, 0.05) is 137 Å². The molecule has 0 atom stereocenters. The van der Waals surface area contributed by atoms with E-state index in [0.717, 1.165) is 56.0 Å². The molecule has 11 heterocycles. The number of hydrogen-bond acceptors (Lipinski definition) is 17. The number of pyridine rings is 3. The van der Waals surface area contributed by atoms with Crippen LogP contribution >= 0.6 is 0 Å². The van der Waals surface area contributed by atoms with Crippen LogP contribution in [0.15, 0.2) is 140 Å². The number of aliphatic hydroxyl groups is 1. The molecule has 2 amide bonds. The summed E-state index contributed by atoms with van der Waals surface area (Å²) in [5.41, 5.74) is 8.85. The number of carbonyl (C=O) groups is 2. The maximum Gasteiger partial charge on any atom is 0.390 e. The van der Waals surface area contributed by atoms with Crippen LogP contribution in [0, 0.1) is 6.92 Å². The summed E-state index contributed by atoms with van der Waals surface area (Å²) >= 11 is 0. The Kier molecular flexibility index (Phi) is 21.6. The van der Waals surface area contributed by atoms with Crippen molar-refractivity contribution >= 4 is 55.6 Å². The van der Waals surface area contributed by atoms with Crippen LogP contribution in [-0.2, 0) is 66.0 Å². The standard InChI is InChI=1S/C23H23F3N8O.C16H16F3N7O.C14H15NO3S.C7H9NO/c24-23(25,26)6-9-29-22(35)19-17-13-33(21-16-3-8-28-20(16)30-14-31-21)10-5-18(17)34(32-19)11-4-15-2-1-7-27-12-15;17-16(18,19)3-5-21-15(27)12-10-7-26(6-2-11(10)24-25-12)14-9-1-4-20-13(9)22-8-23-14;1-12-4-6-14(7-5-12)19(16,17)18-10-8-13-3-2-9-15-11-13;9-5-3-7-2-1-4-8-6-7/h1-3,7-8,12,14H,4-6,9-11,13H2,(H,29,35)(H,28,30,31);1,4,8H,2-3,5-7H2,(H,21,27)(H,24,25)(H,20,22,23);2-7,9,11H,8,10H2,1H3;1-2,4,6,9H,3,5H2. The normalized spacial score (nSPS) is 13.0. The van der Waals surface area contributed by atoms with E-state index >= 15 is 0 Å². The molecular formula is C60H63F6N17O6S. The van der Waals surface area contributed by atoms with E-state index < -0.39 is 60.2 Å². The molecule has 9 aromatic heterocycles. The Hall–Kier alpha value is -9.68. The second-order valence-corrected chi connectivity index (χ2v) is 22.2. The average Bonchev–Trinajstić information content (AvgIpc) is 1.89. The number of aliphatic hydroxyl groups excluding tert-OH is 1. The van der Waals surface area contributed by atoms with Crippen molar-refractivity contribution in [3.05, 3.63) is 191 Å². The molecule has 10 aromatic rings. The molecule has 1 aromatic carbocycles. The summed E-state index contributed by atoms with van der Waals surface area (Å²) in [5, 5.41) is 26.2. The minimum absolute atomic E-state index is 0.113. The molecule has 2 aliphatic heterocycles. The number of benzene rings is 1. The first-order chi connectivity index (χ1) is 43.3. The predicted octanol–water partition coefficient (Wildman–Crippen LogP) is 7.92. The Balaban J connectivity index is 0.000000155. The summed E-state index contributed by atoms with van der Waals surface area (Å²) in [5.74, 6) is 0.236. The van der Waals surface area contributed by atoms with Crippen molar-refractivity contribution in [1.82, 2.24) is 75.5 Å². The molecule has 12 rings (SSSR count). The lowest BCUT2D eigenvalue weighted by molar-refractivity contribution is -0.134. The lowest BCUT2D eigenvalue weighted by atomic mass is 10.0. The molecule has 2 aliphatic rings. The molecule has 0 radical (unpaired) electrons. The number of amides is 2. The third-order valence-electron chi connectivity index (χ3n) is 14.3. The number of carbonyl (C=O) groups excluding carboxylic acids is 2. The van der Waals surface area contributed by atoms with Gasteiger partial charge >= 0.3 is 12.4 Å². The second kappa shape index (κ2) is 30.0. The van der Waals surface area contributed by atoms with E-state index in [-0.39, 0.29) is 29.5 Å². The van der Waals surface area contributed by atoms with Crippen molar-refractivity contribution in [2.75, 3.05) is 49.2 Å². The van der Waals surface area contributed by atoms with Crippen molar-refractivity contribution in [3.63, 3.8) is 0 Å². The molecule has 23 nitrogen and oxygen atoms in total.